The summed E-state index contributed by atoms with van der Waals surface area (Å²) in [4.78, 5) is 0. The average Bonchev–Trinajstić information content (AvgIpc) is 2.68. The molecule has 0 saturated heterocycles. The Morgan fingerprint density at radius 2 is 2.19 bits per heavy atom. The summed E-state index contributed by atoms with van der Waals surface area (Å²) in [6.07, 6.45) is 3.77. The van der Waals surface area contributed by atoms with Crippen LogP contribution in [0, 0.1) is 0 Å². The lowest BCUT2D eigenvalue weighted by Gasteiger charge is -2.02. The molecule has 5 heteroatoms. The van der Waals surface area contributed by atoms with Gasteiger partial charge in [-0.25, -0.2) is 4.57 Å². The predicted octanol–water partition coefficient (Wildman–Crippen LogP) is -1.90. The number of nitrogens with zero attached hydrogens (tertiary/aromatic N) is 1. The molecular formula is C11H10ClNO3. The SMILES string of the molecule is C[n+]1ccc2cc3c(c(O)c2c1)OCO3.[Cl-]. The highest BCUT2D eigenvalue weighted by Gasteiger charge is 2.21. The van der Waals surface area contributed by atoms with Crippen molar-refractivity contribution < 1.29 is 31.6 Å². The molecule has 0 atom stereocenters. The molecule has 0 fully saturated rings. The van der Waals surface area contributed by atoms with E-state index in [2.05, 4.69) is 0 Å². The molecule has 4 nitrogen and oxygen atoms in total. The number of fused-ring (bicyclic) bond motifs is 2. The van der Waals surface area contributed by atoms with E-state index in [9.17, 15) is 5.11 Å². The maximum Gasteiger partial charge on any atom is 0.231 e. The standard InChI is InChI=1S/C11H9NO3.ClH/c1-12-3-2-7-4-9-11(15-6-14-9)10(13)8(7)5-12;/h2-5H,6H2,1H3;1H. The molecule has 2 aromatic rings. The van der Waals surface area contributed by atoms with Crippen LogP contribution in [0.1, 0.15) is 0 Å². The predicted molar refractivity (Wildman–Crippen MR) is 52.9 cm³/mol. The van der Waals surface area contributed by atoms with Crippen molar-refractivity contribution in [2.75, 3.05) is 6.79 Å². The Bertz CT molecular complexity index is 556. The third kappa shape index (κ3) is 1.42. The van der Waals surface area contributed by atoms with Crippen molar-refractivity contribution in [3.8, 4) is 17.2 Å². The molecule has 1 aliphatic rings. The smallest absolute Gasteiger partial charge is 0.231 e. The number of hydrogen-bond acceptors (Lipinski definition) is 3. The van der Waals surface area contributed by atoms with E-state index in [4.69, 9.17) is 9.47 Å². The molecule has 0 amide bonds. The first kappa shape index (κ1) is 10.8. The van der Waals surface area contributed by atoms with Crippen LogP contribution in [0.3, 0.4) is 0 Å². The molecule has 1 aromatic carbocycles. The number of hydrogen-bond donors (Lipinski definition) is 1. The Morgan fingerprint density at radius 1 is 1.38 bits per heavy atom. The minimum atomic E-state index is 0. The third-order valence-electron chi connectivity index (χ3n) is 2.53. The number of phenolic OH excluding ortho intramolecular Hbond substituents is 1. The maximum absolute atomic E-state index is 9.98. The third-order valence-corrected chi connectivity index (χ3v) is 2.53. The number of phenols is 1. The first-order valence-electron chi connectivity index (χ1n) is 4.66. The van der Waals surface area contributed by atoms with Crippen LogP contribution in [0.4, 0.5) is 0 Å². The van der Waals surface area contributed by atoms with Crippen LogP contribution in [0.5, 0.6) is 17.2 Å². The summed E-state index contributed by atoms with van der Waals surface area (Å²) >= 11 is 0. The minimum absolute atomic E-state index is 0. The Balaban J connectivity index is 0.000000963. The summed E-state index contributed by atoms with van der Waals surface area (Å²) < 4.78 is 12.3. The van der Waals surface area contributed by atoms with Crippen molar-refractivity contribution in [2.24, 2.45) is 7.05 Å². The van der Waals surface area contributed by atoms with E-state index in [0.717, 1.165) is 10.8 Å². The van der Waals surface area contributed by atoms with Crippen LogP contribution in [0.2, 0.25) is 0 Å². The van der Waals surface area contributed by atoms with E-state index in [1.807, 2.05) is 36.1 Å². The van der Waals surface area contributed by atoms with Crippen LogP contribution in [-0.2, 0) is 7.05 Å². The van der Waals surface area contributed by atoms with Crippen molar-refractivity contribution in [2.45, 2.75) is 0 Å². The number of halogens is 1. The summed E-state index contributed by atoms with van der Waals surface area (Å²) in [7, 11) is 1.91. The maximum atomic E-state index is 9.98. The van der Waals surface area contributed by atoms with Crippen molar-refractivity contribution in [3.63, 3.8) is 0 Å². The van der Waals surface area contributed by atoms with E-state index in [-0.39, 0.29) is 24.9 Å². The Morgan fingerprint density at radius 3 is 3.00 bits per heavy atom. The summed E-state index contributed by atoms with van der Waals surface area (Å²) in [5, 5.41) is 11.7. The molecule has 2 heterocycles. The van der Waals surface area contributed by atoms with Gasteiger partial charge in [0.15, 0.2) is 23.9 Å². The number of aromatic nitrogens is 1. The van der Waals surface area contributed by atoms with E-state index in [1.54, 1.807) is 0 Å². The molecule has 0 saturated carbocycles. The Hall–Kier alpha value is -1.68. The molecule has 16 heavy (non-hydrogen) atoms. The van der Waals surface area contributed by atoms with Gasteiger partial charge in [0.2, 0.25) is 12.5 Å². The monoisotopic (exact) mass is 239 g/mol. The largest absolute Gasteiger partial charge is 1.00 e. The number of aryl methyl sites for hydroxylation is 1. The second-order valence-corrected chi connectivity index (χ2v) is 3.57. The minimum Gasteiger partial charge on any atom is -1.00 e. The first-order valence-corrected chi connectivity index (χ1v) is 4.66. The molecule has 0 radical (unpaired) electrons. The molecule has 0 bridgehead atoms. The fraction of sp³-hybridized carbons (Fsp3) is 0.182. The van der Waals surface area contributed by atoms with Crippen molar-refractivity contribution in [1.29, 1.82) is 0 Å². The van der Waals surface area contributed by atoms with Gasteiger partial charge in [-0.05, 0) is 6.07 Å². The van der Waals surface area contributed by atoms with Gasteiger partial charge < -0.3 is 27.0 Å². The molecule has 1 aromatic heterocycles. The van der Waals surface area contributed by atoms with Crippen molar-refractivity contribution >= 4 is 10.8 Å². The Labute approximate surface area is 98.4 Å². The fourth-order valence-electron chi connectivity index (χ4n) is 1.78. The zero-order valence-electron chi connectivity index (χ0n) is 8.61. The normalized spacial score (nSPS) is 12.6. The average molecular weight is 240 g/mol. The molecule has 0 aliphatic carbocycles. The summed E-state index contributed by atoms with van der Waals surface area (Å²) in [6.45, 7) is 0.172. The number of benzene rings is 1. The van der Waals surface area contributed by atoms with Gasteiger partial charge in [-0.15, -0.1) is 0 Å². The summed E-state index contributed by atoms with van der Waals surface area (Å²) in [6, 6.07) is 3.80. The molecule has 84 valence electrons. The van der Waals surface area contributed by atoms with Gasteiger partial charge in [-0.1, -0.05) is 0 Å². The van der Waals surface area contributed by atoms with E-state index < -0.39 is 0 Å². The number of ether oxygens (including phenoxy) is 2. The summed E-state index contributed by atoms with van der Waals surface area (Å²) in [5.74, 6) is 1.19. The molecule has 1 aliphatic heterocycles. The molecule has 1 N–H and O–H groups in total. The summed E-state index contributed by atoms with van der Waals surface area (Å²) in [5.41, 5.74) is 0. The molecule has 0 spiro atoms. The van der Waals surface area contributed by atoms with Crippen LogP contribution in [-0.4, -0.2) is 11.9 Å². The molecular weight excluding hydrogens is 230 g/mol. The van der Waals surface area contributed by atoms with Gasteiger partial charge in [-0.2, -0.15) is 0 Å². The van der Waals surface area contributed by atoms with Gasteiger partial charge in [-0.3, -0.25) is 0 Å². The highest BCUT2D eigenvalue weighted by molar-refractivity contribution is 5.91. The van der Waals surface area contributed by atoms with Crippen LogP contribution in [0.15, 0.2) is 24.5 Å². The lowest BCUT2D eigenvalue weighted by Crippen LogP contribution is -3.00. The second-order valence-electron chi connectivity index (χ2n) is 3.57. The van der Waals surface area contributed by atoms with E-state index in [1.165, 1.54) is 0 Å². The molecule has 3 rings (SSSR count). The first-order chi connectivity index (χ1) is 7.25. The van der Waals surface area contributed by atoms with Crippen molar-refractivity contribution in [1.82, 2.24) is 0 Å². The highest BCUT2D eigenvalue weighted by Crippen LogP contribution is 2.44. The Kier molecular flexibility index (Phi) is 2.52. The van der Waals surface area contributed by atoms with Crippen LogP contribution >= 0.6 is 0 Å². The zero-order valence-corrected chi connectivity index (χ0v) is 9.36. The van der Waals surface area contributed by atoms with Gasteiger partial charge in [0.25, 0.3) is 0 Å². The fourth-order valence-corrected chi connectivity index (χ4v) is 1.78. The van der Waals surface area contributed by atoms with E-state index >= 15 is 0 Å². The molecule has 0 unspecified atom stereocenters. The lowest BCUT2D eigenvalue weighted by atomic mass is 10.1. The number of pyridine rings is 1. The number of rotatable bonds is 0. The van der Waals surface area contributed by atoms with E-state index in [0.29, 0.717) is 11.5 Å². The van der Waals surface area contributed by atoms with Gasteiger partial charge in [0.05, 0.1) is 5.39 Å². The van der Waals surface area contributed by atoms with Gasteiger partial charge in [0, 0.05) is 11.5 Å². The lowest BCUT2D eigenvalue weighted by molar-refractivity contribution is -0.670. The topological polar surface area (TPSA) is 42.6 Å². The number of aromatic hydroxyl groups is 1. The zero-order chi connectivity index (χ0) is 10.4. The van der Waals surface area contributed by atoms with Gasteiger partial charge >= 0.3 is 0 Å². The quantitative estimate of drug-likeness (QED) is 0.547. The highest BCUT2D eigenvalue weighted by atomic mass is 35.5. The van der Waals surface area contributed by atoms with Gasteiger partial charge in [0.1, 0.15) is 7.05 Å². The second kappa shape index (κ2) is 3.72. The van der Waals surface area contributed by atoms with Crippen LogP contribution < -0.4 is 26.4 Å². The van der Waals surface area contributed by atoms with Crippen LogP contribution in [0.25, 0.3) is 10.8 Å². The van der Waals surface area contributed by atoms with Crippen molar-refractivity contribution in [3.05, 3.63) is 24.5 Å².